The molecule has 4 rings (SSSR count). The van der Waals surface area contributed by atoms with E-state index in [1.807, 2.05) is 0 Å². The lowest BCUT2D eigenvalue weighted by molar-refractivity contribution is -0.383. The number of piperazine rings is 1. The minimum absolute atomic E-state index is 0.0464. The second-order valence-electron chi connectivity index (χ2n) is 7.96. The van der Waals surface area contributed by atoms with E-state index in [0.717, 1.165) is 4.90 Å². The van der Waals surface area contributed by atoms with Gasteiger partial charge < -0.3 is 25.0 Å². The van der Waals surface area contributed by atoms with Crippen LogP contribution in [-0.4, -0.2) is 67.6 Å². The quantitative estimate of drug-likeness (QED) is 0.408. The maximum absolute atomic E-state index is 13.2. The number of nitro groups is 1. The van der Waals surface area contributed by atoms with E-state index < -0.39 is 28.5 Å². The van der Waals surface area contributed by atoms with Crippen LogP contribution in [0.2, 0.25) is 0 Å². The second-order valence-corrected chi connectivity index (χ2v) is 7.96. The van der Waals surface area contributed by atoms with Gasteiger partial charge >= 0.3 is 0 Å². The molecule has 0 unspecified atom stereocenters. The Kier molecular flexibility index (Phi) is 5.09. The number of non-ortho nitro benzene ring substituents is 1. The summed E-state index contributed by atoms with van der Waals surface area (Å²) in [6.45, 7) is 0. The van der Waals surface area contributed by atoms with Crippen molar-refractivity contribution in [1.29, 1.82) is 0 Å². The van der Waals surface area contributed by atoms with Crippen molar-refractivity contribution < 1.29 is 24.7 Å². The van der Waals surface area contributed by atoms with Gasteiger partial charge in [0.15, 0.2) is 0 Å². The van der Waals surface area contributed by atoms with Crippen molar-refractivity contribution in [2.75, 3.05) is 14.1 Å². The topological polar surface area (TPSA) is 140 Å². The molecule has 166 valence electrons. The minimum Gasteiger partial charge on any atom is -0.508 e. The molecule has 0 bridgehead atoms. The van der Waals surface area contributed by atoms with E-state index in [1.165, 1.54) is 37.2 Å². The van der Waals surface area contributed by atoms with Crippen LogP contribution < -0.4 is 0 Å². The summed E-state index contributed by atoms with van der Waals surface area (Å²) in [6.07, 6.45) is 1.50. The largest absolute Gasteiger partial charge is 0.508 e. The fourth-order valence-electron chi connectivity index (χ4n) is 4.21. The van der Waals surface area contributed by atoms with E-state index in [1.54, 1.807) is 30.5 Å². The molecule has 0 aliphatic carbocycles. The Balaban J connectivity index is 1.65. The van der Waals surface area contributed by atoms with Crippen molar-refractivity contribution in [2.24, 2.45) is 0 Å². The van der Waals surface area contributed by atoms with Crippen molar-refractivity contribution in [3.63, 3.8) is 0 Å². The number of hydrogen-bond acceptors (Lipinski definition) is 6. The summed E-state index contributed by atoms with van der Waals surface area (Å²) in [5, 5.41) is 32.5. The second kappa shape index (κ2) is 7.65. The smallest absolute Gasteiger partial charge is 0.279 e. The number of nitrogens with one attached hydrogen (secondary N) is 1. The van der Waals surface area contributed by atoms with E-state index in [-0.39, 0.29) is 24.3 Å². The van der Waals surface area contributed by atoms with Gasteiger partial charge in [0.2, 0.25) is 11.6 Å². The first kappa shape index (κ1) is 21.3. The monoisotopic (exact) mass is 438 g/mol. The number of H-pyrrole nitrogens is 1. The number of aliphatic hydroxyl groups is 1. The lowest BCUT2D eigenvalue weighted by atomic mass is 9.92. The number of benzene rings is 2. The molecular formula is C22H22N4O6. The van der Waals surface area contributed by atoms with Gasteiger partial charge in [0.25, 0.3) is 11.6 Å². The van der Waals surface area contributed by atoms with Crippen molar-refractivity contribution >= 4 is 28.4 Å². The zero-order valence-corrected chi connectivity index (χ0v) is 17.5. The minimum atomic E-state index is -2.09. The van der Waals surface area contributed by atoms with Gasteiger partial charge in [-0.15, -0.1) is 0 Å². The van der Waals surface area contributed by atoms with Crippen LogP contribution >= 0.6 is 0 Å². The van der Waals surface area contributed by atoms with Crippen molar-refractivity contribution in [1.82, 2.24) is 14.8 Å². The molecule has 10 heteroatoms. The first-order chi connectivity index (χ1) is 15.1. The molecule has 0 spiro atoms. The molecular weight excluding hydrogens is 416 g/mol. The highest BCUT2D eigenvalue weighted by molar-refractivity contribution is 5.99. The third kappa shape index (κ3) is 3.34. The third-order valence-corrected chi connectivity index (χ3v) is 6.06. The highest BCUT2D eigenvalue weighted by atomic mass is 16.6. The summed E-state index contributed by atoms with van der Waals surface area (Å²) in [5.74, 6) is -1.10. The van der Waals surface area contributed by atoms with Gasteiger partial charge in [-0.05, 0) is 29.3 Å². The summed E-state index contributed by atoms with van der Waals surface area (Å²) in [7, 11) is 2.79. The first-order valence-electron chi connectivity index (χ1n) is 9.92. The van der Waals surface area contributed by atoms with Crippen LogP contribution in [0.1, 0.15) is 11.1 Å². The van der Waals surface area contributed by atoms with E-state index in [0.29, 0.717) is 22.0 Å². The number of likely N-dealkylation sites (N-methyl/N-ethyl adjacent to an activating group) is 2. The molecule has 2 aromatic carbocycles. The number of phenolic OH excluding ortho intramolecular Hbond substituents is 1. The predicted molar refractivity (Wildman–Crippen MR) is 115 cm³/mol. The maximum atomic E-state index is 13.2. The van der Waals surface area contributed by atoms with Crippen molar-refractivity contribution in [3.8, 4) is 5.75 Å². The molecule has 1 aliphatic rings. The number of hydrogen-bond donors (Lipinski definition) is 3. The summed E-state index contributed by atoms with van der Waals surface area (Å²) in [5.41, 5.74) is -0.525. The Bertz CT molecular complexity index is 1220. The molecule has 1 aliphatic heterocycles. The van der Waals surface area contributed by atoms with Gasteiger partial charge in [-0.3, -0.25) is 19.7 Å². The number of carbonyl (C=O) groups excluding carboxylic acids is 2. The van der Waals surface area contributed by atoms with Gasteiger partial charge in [-0.25, -0.2) is 0 Å². The van der Waals surface area contributed by atoms with Crippen LogP contribution in [0.15, 0.2) is 48.7 Å². The Morgan fingerprint density at radius 3 is 2.50 bits per heavy atom. The number of phenols is 1. The Hall–Kier alpha value is -3.92. The fourth-order valence-corrected chi connectivity index (χ4v) is 4.21. The standard InChI is InChI=1S/C22H22N4O6/c1-24-18(10-14-12-23-16-4-3-5-17(19(14)16)26(31)32)20(28)25(2)22(30,21(24)29)11-13-6-8-15(27)9-7-13/h3-9,12,18,23,27,30H,10-11H2,1-2H3/t18-,22+/m0/s1. The summed E-state index contributed by atoms with van der Waals surface area (Å²) in [4.78, 5) is 42.6. The number of aromatic amines is 1. The Morgan fingerprint density at radius 1 is 1.16 bits per heavy atom. The molecule has 32 heavy (non-hydrogen) atoms. The van der Waals surface area contributed by atoms with Crippen LogP contribution in [0.3, 0.4) is 0 Å². The van der Waals surface area contributed by atoms with Crippen LogP contribution in [0, 0.1) is 10.1 Å². The molecule has 3 N–H and O–H groups in total. The average molecular weight is 438 g/mol. The van der Waals surface area contributed by atoms with Gasteiger partial charge in [-0.1, -0.05) is 18.2 Å². The zero-order valence-electron chi connectivity index (χ0n) is 17.5. The number of fused-ring (bicyclic) bond motifs is 1. The van der Waals surface area contributed by atoms with Crippen LogP contribution in [0.5, 0.6) is 5.75 Å². The molecule has 10 nitrogen and oxygen atoms in total. The summed E-state index contributed by atoms with van der Waals surface area (Å²) < 4.78 is 0. The predicted octanol–water partition coefficient (Wildman–Crippen LogP) is 1.55. The van der Waals surface area contributed by atoms with Gasteiger partial charge in [0.05, 0.1) is 15.8 Å². The van der Waals surface area contributed by atoms with E-state index in [4.69, 9.17) is 0 Å². The maximum Gasteiger partial charge on any atom is 0.279 e. The SMILES string of the molecule is CN1C(=O)[C@](O)(Cc2ccc(O)cc2)N(C)C(=O)[C@@H]1Cc1c[nH]c2cccc([N+](=O)[O-])c12. The number of rotatable bonds is 5. The summed E-state index contributed by atoms with van der Waals surface area (Å²) >= 11 is 0. The molecule has 3 aromatic rings. The molecule has 1 aromatic heterocycles. The normalized spacial score (nSPS) is 21.4. The number of aromatic nitrogens is 1. The molecule has 0 saturated carbocycles. The lowest BCUT2D eigenvalue weighted by Gasteiger charge is -2.47. The van der Waals surface area contributed by atoms with Crippen LogP contribution in [-0.2, 0) is 22.4 Å². The lowest BCUT2D eigenvalue weighted by Crippen LogP contribution is -2.70. The number of nitro benzene ring substituents is 1. The highest BCUT2D eigenvalue weighted by Crippen LogP contribution is 2.33. The van der Waals surface area contributed by atoms with Crippen molar-refractivity contribution in [3.05, 3.63) is 69.9 Å². The molecule has 1 fully saturated rings. The van der Waals surface area contributed by atoms with E-state index in [2.05, 4.69) is 4.98 Å². The van der Waals surface area contributed by atoms with Crippen LogP contribution in [0.4, 0.5) is 5.69 Å². The molecule has 2 amide bonds. The van der Waals surface area contributed by atoms with Crippen LogP contribution in [0.25, 0.3) is 10.9 Å². The van der Waals surface area contributed by atoms with Gasteiger partial charge in [0, 0.05) is 39.2 Å². The van der Waals surface area contributed by atoms with Gasteiger partial charge in [0.1, 0.15) is 11.8 Å². The Labute approximate surface area is 182 Å². The number of carbonyl (C=O) groups is 2. The highest BCUT2D eigenvalue weighted by Gasteiger charge is 2.53. The molecule has 0 radical (unpaired) electrons. The van der Waals surface area contributed by atoms with E-state index in [9.17, 15) is 29.9 Å². The number of aromatic hydroxyl groups is 1. The number of amides is 2. The zero-order chi connectivity index (χ0) is 23.2. The van der Waals surface area contributed by atoms with Crippen molar-refractivity contribution in [2.45, 2.75) is 24.6 Å². The fraction of sp³-hybridized carbons (Fsp3) is 0.273. The average Bonchev–Trinajstić information content (AvgIpc) is 3.19. The first-order valence-corrected chi connectivity index (χ1v) is 9.92. The van der Waals surface area contributed by atoms with E-state index >= 15 is 0 Å². The molecule has 1 saturated heterocycles. The summed E-state index contributed by atoms with van der Waals surface area (Å²) in [6, 6.07) is 9.72. The number of nitrogens with zero attached hydrogens (tertiary/aromatic N) is 3. The third-order valence-electron chi connectivity index (χ3n) is 6.06. The Morgan fingerprint density at radius 2 is 1.84 bits per heavy atom. The van der Waals surface area contributed by atoms with Gasteiger partial charge in [-0.2, -0.15) is 0 Å². The molecule has 2 heterocycles. The molecule has 2 atom stereocenters.